The molecule has 0 saturated carbocycles. The molecule has 0 aliphatic rings. The highest BCUT2D eigenvalue weighted by atomic mass is 16.1. The van der Waals surface area contributed by atoms with Crippen LogP contribution in [0.3, 0.4) is 0 Å². The summed E-state index contributed by atoms with van der Waals surface area (Å²) >= 11 is 0. The zero-order chi connectivity index (χ0) is 31.3. The Bertz CT molecular complexity index is 795. The third kappa shape index (κ3) is 34.0. The van der Waals surface area contributed by atoms with Crippen LogP contribution in [-0.2, 0) is 4.79 Å². The summed E-state index contributed by atoms with van der Waals surface area (Å²) in [5.74, 6) is -0.0512. The molecule has 0 aliphatic carbocycles. The van der Waals surface area contributed by atoms with Crippen molar-refractivity contribution in [3.63, 3.8) is 0 Å². The van der Waals surface area contributed by atoms with Crippen LogP contribution in [0.1, 0.15) is 162 Å². The number of nitrogens with two attached hydrogens (primary N) is 1. The third-order valence-corrected chi connectivity index (χ3v) is 7.90. The number of carbonyl (C=O) groups is 1. The second-order valence-corrected chi connectivity index (χ2v) is 12.0. The maximum absolute atomic E-state index is 11.6. The van der Waals surface area contributed by atoms with Crippen molar-refractivity contribution in [2.75, 3.05) is 0 Å². The fourth-order valence-electron chi connectivity index (χ4n) is 5.08. The smallest absolute Gasteiger partial charge is 0.220 e. The van der Waals surface area contributed by atoms with E-state index in [9.17, 15) is 4.79 Å². The second kappa shape index (κ2) is 35.8. The quantitative estimate of drug-likeness (QED) is 0.0486. The van der Waals surface area contributed by atoms with Gasteiger partial charge in [-0.2, -0.15) is 0 Å². The van der Waals surface area contributed by atoms with Crippen LogP contribution in [0.4, 0.5) is 0 Å². The van der Waals surface area contributed by atoms with Gasteiger partial charge in [0.15, 0.2) is 0 Å². The van der Waals surface area contributed by atoms with Gasteiger partial charge in [0, 0.05) is 5.92 Å². The van der Waals surface area contributed by atoms with E-state index in [2.05, 4.69) is 98.9 Å². The highest BCUT2D eigenvalue weighted by Crippen LogP contribution is 2.17. The summed E-state index contributed by atoms with van der Waals surface area (Å²) in [6.07, 6.45) is 59.0. The monoisotopic (exact) mass is 592 g/mol. The molecule has 0 spiro atoms. The topological polar surface area (TPSA) is 43.1 Å². The Hall–Kier alpha value is -2.35. The van der Waals surface area contributed by atoms with Crippen LogP contribution < -0.4 is 5.73 Å². The number of rotatable bonds is 31. The van der Waals surface area contributed by atoms with E-state index in [1.54, 1.807) is 0 Å². The molecule has 0 aromatic carbocycles. The summed E-state index contributed by atoms with van der Waals surface area (Å²) in [5.41, 5.74) is 5.56. The molecular weight excluding hydrogens is 522 g/mol. The van der Waals surface area contributed by atoms with E-state index >= 15 is 0 Å². The van der Waals surface area contributed by atoms with Gasteiger partial charge in [0.25, 0.3) is 0 Å². The zero-order valence-corrected chi connectivity index (χ0v) is 28.4. The molecule has 2 N–H and O–H groups in total. The molecule has 1 atom stereocenters. The van der Waals surface area contributed by atoms with E-state index in [-0.39, 0.29) is 11.8 Å². The van der Waals surface area contributed by atoms with E-state index in [0.29, 0.717) is 0 Å². The first-order chi connectivity index (χ1) is 21.2. The van der Waals surface area contributed by atoms with E-state index in [1.165, 1.54) is 122 Å². The zero-order valence-electron chi connectivity index (χ0n) is 28.4. The van der Waals surface area contributed by atoms with Crippen LogP contribution in [0.15, 0.2) is 85.1 Å². The van der Waals surface area contributed by atoms with Crippen molar-refractivity contribution >= 4 is 5.91 Å². The number of unbranched alkanes of at least 4 members (excludes halogenated alkanes) is 17. The summed E-state index contributed by atoms with van der Waals surface area (Å²) in [4.78, 5) is 11.6. The van der Waals surface area contributed by atoms with Crippen LogP contribution in [0.5, 0.6) is 0 Å². The Morgan fingerprint density at radius 1 is 0.419 bits per heavy atom. The van der Waals surface area contributed by atoms with Crippen molar-refractivity contribution in [1.29, 1.82) is 0 Å². The summed E-state index contributed by atoms with van der Waals surface area (Å²) in [7, 11) is 0. The summed E-state index contributed by atoms with van der Waals surface area (Å²) in [6, 6.07) is 0. The van der Waals surface area contributed by atoms with Crippen molar-refractivity contribution < 1.29 is 4.79 Å². The van der Waals surface area contributed by atoms with Gasteiger partial charge in [0.2, 0.25) is 5.91 Å². The van der Waals surface area contributed by atoms with Crippen molar-refractivity contribution in [3.8, 4) is 0 Å². The number of primary amides is 1. The maximum Gasteiger partial charge on any atom is 0.220 e. The SMILES string of the molecule is CCCC/C=C/C=C/C=C/C=C/C=C/C=C/CCCCCCCCCCCCCC/C=C/CCC(CCCCC)C(N)=O. The number of carbonyl (C=O) groups excluding carboxylic acids is 1. The first kappa shape index (κ1) is 40.6. The minimum absolute atomic E-state index is 0.0641. The molecule has 0 saturated heterocycles. The molecular formula is C41H69NO. The molecule has 43 heavy (non-hydrogen) atoms. The number of hydrogen-bond acceptors (Lipinski definition) is 1. The molecule has 1 unspecified atom stereocenters. The predicted octanol–water partition coefficient (Wildman–Crippen LogP) is 13.0. The van der Waals surface area contributed by atoms with Gasteiger partial charge in [0.05, 0.1) is 0 Å². The van der Waals surface area contributed by atoms with Gasteiger partial charge in [-0.15, -0.1) is 0 Å². The molecule has 0 fully saturated rings. The lowest BCUT2D eigenvalue weighted by atomic mass is 9.95. The van der Waals surface area contributed by atoms with Crippen molar-refractivity contribution in [2.24, 2.45) is 11.7 Å². The first-order valence-electron chi connectivity index (χ1n) is 18.1. The Balaban J connectivity index is 3.45. The second-order valence-electron chi connectivity index (χ2n) is 12.0. The van der Waals surface area contributed by atoms with E-state index < -0.39 is 0 Å². The van der Waals surface area contributed by atoms with Gasteiger partial charge in [-0.3, -0.25) is 4.79 Å². The fourth-order valence-corrected chi connectivity index (χ4v) is 5.08. The molecule has 2 nitrogen and oxygen atoms in total. The van der Waals surface area contributed by atoms with E-state index in [1.807, 2.05) is 0 Å². The van der Waals surface area contributed by atoms with Gasteiger partial charge >= 0.3 is 0 Å². The van der Waals surface area contributed by atoms with Gasteiger partial charge < -0.3 is 5.73 Å². The summed E-state index contributed by atoms with van der Waals surface area (Å²) in [5, 5.41) is 0. The normalized spacial score (nSPS) is 13.5. The lowest BCUT2D eigenvalue weighted by Crippen LogP contribution is -2.23. The Kier molecular flexibility index (Phi) is 33.9. The van der Waals surface area contributed by atoms with Crippen molar-refractivity contribution in [3.05, 3.63) is 85.1 Å². The Morgan fingerprint density at radius 3 is 1.23 bits per heavy atom. The molecule has 2 heteroatoms. The van der Waals surface area contributed by atoms with Gasteiger partial charge in [0.1, 0.15) is 0 Å². The average molecular weight is 592 g/mol. The lowest BCUT2D eigenvalue weighted by molar-refractivity contribution is -0.122. The number of hydrogen-bond donors (Lipinski definition) is 1. The summed E-state index contributed by atoms with van der Waals surface area (Å²) in [6.45, 7) is 4.42. The Labute approximate surface area is 268 Å². The maximum atomic E-state index is 11.6. The summed E-state index contributed by atoms with van der Waals surface area (Å²) < 4.78 is 0. The predicted molar refractivity (Wildman–Crippen MR) is 194 cm³/mol. The minimum Gasteiger partial charge on any atom is -0.369 e. The van der Waals surface area contributed by atoms with Crippen LogP contribution in [-0.4, -0.2) is 5.91 Å². The van der Waals surface area contributed by atoms with Gasteiger partial charge in [-0.05, 0) is 51.4 Å². The largest absolute Gasteiger partial charge is 0.369 e. The van der Waals surface area contributed by atoms with Crippen LogP contribution >= 0.6 is 0 Å². The number of allylic oxidation sites excluding steroid dienone is 14. The average Bonchev–Trinajstić information content (AvgIpc) is 3.00. The van der Waals surface area contributed by atoms with Crippen LogP contribution in [0, 0.1) is 5.92 Å². The highest BCUT2D eigenvalue weighted by Gasteiger charge is 2.13. The third-order valence-electron chi connectivity index (χ3n) is 7.90. The fraction of sp³-hybridized carbons (Fsp3) is 0.634. The van der Waals surface area contributed by atoms with Crippen LogP contribution in [0.2, 0.25) is 0 Å². The highest BCUT2D eigenvalue weighted by molar-refractivity contribution is 5.76. The molecule has 0 heterocycles. The van der Waals surface area contributed by atoms with Gasteiger partial charge in [-0.1, -0.05) is 195 Å². The van der Waals surface area contributed by atoms with Gasteiger partial charge in [-0.25, -0.2) is 0 Å². The van der Waals surface area contributed by atoms with Crippen molar-refractivity contribution in [2.45, 2.75) is 162 Å². The molecule has 0 aromatic rings. The molecule has 0 bridgehead atoms. The standard InChI is InChI=1S/C41H69NO/c1-3-5-7-8-9-10-11-12-13-14-15-16-17-18-19-20-21-22-23-24-25-26-27-28-29-30-31-32-33-34-35-37-39-40(41(42)43)38-36-6-4-2/h8-19,34-35,40H,3-7,20-33,36-39H2,1-2H3,(H2,42,43)/b9-8+,11-10+,13-12+,15-14+,17-16+,19-18+,35-34+. The molecule has 0 radical (unpaired) electrons. The van der Waals surface area contributed by atoms with E-state index in [0.717, 1.165) is 25.7 Å². The molecule has 1 amide bonds. The number of amides is 1. The minimum atomic E-state index is -0.115. The molecule has 244 valence electrons. The van der Waals surface area contributed by atoms with E-state index in [4.69, 9.17) is 5.73 Å². The van der Waals surface area contributed by atoms with Crippen LogP contribution in [0.25, 0.3) is 0 Å². The molecule has 0 aliphatic heterocycles. The Morgan fingerprint density at radius 2 is 0.791 bits per heavy atom. The molecule has 0 rings (SSSR count). The first-order valence-corrected chi connectivity index (χ1v) is 18.1. The van der Waals surface area contributed by atoms with Crippen molar-refractivity contribution in [1.82, 2.24) is 0 Å². The lowest BCUT2D eigenvalue weighted by Gasteiger charge is -2.11. The molecule has 0 aromatic heterocycles.